The van der Waals surface area contributed by atoms with E-state index < -0.39 is 11.7 Å². The molecule has 0 radical (unpaired) electrons. The molecule has 0 aliphatic carbocycles. The highest BCUT2D eigenvalue weighted by Crippen LogP contribution is 2.29. The van der Waals surface area contributed by atoms with Crippen LogP contribution in [0.3, 0.4) is 0 Å². The van der Waals surface area contributed by atoms with Crippen molar-refractivity contribution in [1.82, 2.24) is 14.4 Å². The molecule has 0 atom stereocenters. The van der Waals surface area contributed by atoms with E-state index in [0.717, 1.165) is 12.1 Å². The monoisotopic (exact) mass is 318 g/mol. The third-order valence-corrected chi connectivity index (χ3v) is 3.10. The van der Waals surface area contributed by atoms with Crippen molar-refractivity contribution in [1.29, 1.82) is 0 Å². The van der Waals surface area contributed by atoms with Gasteiger partial charge in [0.15, 0.2) is 0 Å². The summed E-state index contributed by atoms with van der Waals surface area (Å²) < 4.78 is 44.6. The Balaban J connectivity index is 1.81. The Labute approximate surface area is 128 Å². The fourth-order valence-corrected chi connectivity index (χ4v) is 1.98. The van der Waals surface area contributed by atoms with Crippen molar-refractivity contribution in [2.75, 3.05) is 0 Å². The number of benzene rings is 1. The molecule has 0 spiro atoms. The molecular formula is C15H9F3N4O. The molecule has 8 heteroatoms. The van der Waals surface area contributed by atoms with E-state index in [1.165, 1.54) is 24.5 Å². The van der Waals surface area contributed by atoms with E-state index in [0.29, 0.717) is 11.2 Å². The van der Waals surface area contributed by atoms with Crippen molar-refractivity contribution >= 4 is 11.5 Å². The van der Waals surface area contributed by atoms with Gasteiger partial charge in [-0.1, -0.05) is 23.7 Å². The number of rotatable bonds is 3. The fourth-order valence-electron chi connectivity index (χ4n) is 1.98. The van der Waals surface area contributed by atoms with Crippen LogP contribution < -0.4 is 4.74 Å². The van der Waals surface area contributed by atoms with E-state index in [2.05, 4.69) is 14.8 Å². The lowest BCUT2D eigenvalue weighted by molar-refractivity contribution is -0.137. The average molecular weight is 318 g/mol. The zero-order chi connectivity index (χ0) is 16.4. The lowest BCUT2D eigenvalue weighted by Gasteiger charge is -2.08. The molecule has 2 heterocycles. The largest absolute Gasteiger partial charge is 0.453 e. The Kier molecular flexibility index (Phi) is 3.62. The molecule has 116 valence electrons. The van der Waals surface area contributed by atoms with Gasteiger partial charge in [-0.25, -0.2) is 4.98 Å². The highest BCUT2D eigenvalue weighted by Gasteiger charge is 2.29. The van der Waals surface area contributed by atoms with Crippen LogP contribution in [0.5, 0.6) is 5.88 Å². The van der Waals surface area contributed by atoms with Crippen LogP contribution in [0.2, 0.25) is 0 Å². The SMILES string of the molecule is [C-]#[N+]c1cn2ccnc2c(OCc2ccc(C(F)(F)F)cc2)n1. The minimum atomic E-state index is -4.37. The van der Waals surface area contributed by atoms with Crippen LogP contribution in [-0.2, 0) is 12.8 Å². The predicted octanol–water partition coefficient (Wildman–Crippen LogP) is 3.88. The molecule has 0 fully saturated rings. The summed E-state index contributed by atoms with van der Waals surface area (Å²) in [5, 5.41) is 0. The van der Waals surface area contributed by atoms with Crippen LogP contribution in [0, 0.1) is 6.57 Å². The van der Waals surface area contributed by atoms with Crippen LogP contribution in [0.4, 0.5) is 19.0 Å². The number of aromatic nitrogens is 3. The Bertz CT molecular complexity index is 878. The van der Waals surface area contributed by atoms with Crippen LogP contribution in [0.1, 0.15) is 11.1 Å². The van der Waals surface area contributed by atoms with E-state index in [4.69, 9.17) is 11.3 Å². The highest BCUT2D eigenvalue weighted by atomic mass is 19.4. The lowest BCUT2D eigenvalue weighted by atomic mass is 10.1. The van der Waals surface area contributed by atoms with Gasteiger partial charge in [0.05, 0.1) is 5.56 Å². The Hall–Kier alpha value is -3.08. The smallest absolute Gasteiger partial charge is 0.416 e. The van der Waals surface area contributed by atoms with Gasteiger partial charge in [0.2, 0.25) is 5.65 Å². The third-order valence-electron chi connectivity index (χ3n) is 3.10. The molecule has 2 aromatic heterocycles. The summed E-state index contributed by atoms with van der Waals surface area (Å²) in [5.41, 5.74) is 0.270. The standard InChI is InChI=1S/C15H9F3N4O/c1-19-12-8-22-7-6-20-13(22)14(21-12)23-9-10-2-4-11(5-3-10)15(16,17)18/h2-8H,9H2. The molecule has 5 nitrogen and oxygen atoms in total. The van der Waals surface area contributed by atoms with Crippen LogP contribution in [-0.4, -0.2) is 14.4 Å². The number of ether oxygens (including phenoxy) is 1. The van der Waals surface area contributed by atoms with Crippen molar-refractivity contribution < 1.29 is 17.9 Å². The molecule has 1 aromatic carbocycles. The van der Waals surface area contributed by atoms with Gasteiger partial charge in [-0.2, -0.15) is 13.2 Å². The zero-order valence-corrected chi connectivity index (χ0v) is 11.6. The van der Waals surface area contributed by atoms with Gasteiger partial charge in [0.1, 0.15) is 6.61 Å². The van der Waals surface area contributed by atoms with Crippen molar-refractivity contribution in [3.8, 4) is 5.88 Å². The summed E-state index contributed by atoms with van der Waals surface area (Å²) in [6.07, 6.45) is 0.333. The number of hydrogen-bond donors (Lipinski definition) is 0. The molecule has 3 rings (SSSR count). The molecule has 23 heavy (non-hydrogen) atoms. The highest BCUT2D eigenvalue weighted by molar-refractivity contribution is 5.54. The lowest BCUT2D eigenvalue weighted by Crippen LogP contribution is -2.05. The molecule has 0 aliphatic heterocycles. The van der Waals surface area contributed by atoms with E-state index in [1.54, 1.807) is 10.6 Å². The molecule has 0 N–H and O–H groups in total. The summed E-state index contributed by atoms with van der Waals surface area (Å²) in [5.74, 6) is 0.293. The van der Waals surface area contributed by atoms with Crippen LogP contribution in [0.25, 0.3) is 10.5 Å². The molecule has 0 amide bonds. The summed E-state index contributed by atoms with van der Waals surface area (Å²) in [6.45, 7) is 7.04. The van der Waals surface area contributed by atoms with E-state index in [9.17, 15) is 13.2 Å². The van der Waals surface area contributed by atoms with E-state index in [-0.39, 0.29) is 18.3 Å². The maximum atomic E-state index is 12.5. The number of nitrogens with zero attached hydrogens (tertiary/aromatic N) is 4. The maximum Gasteiger partial charge on any atom is 0.416 e. The molecule has 0 aliphatic rings. The average Bonchev–Trinajstić information content (AvgIpc) is 3.00. The first kappa shape index (κ1) is 14.8. The normalized spacial score (nSPS) is 11.4. The topological polar surface area (TPSA) is 43.8 Å². The number of alkyl halides is 3. The summed E-state index contributed by atoms with van der Waals surface area (Å²) in [4.78, 5) is 11.3. The second-order valence-corrected chi connectivity index (χ2v) is 4.66. The van der Waals surface area contributed by atoms with Crippen molar-refractivity contribution in [2.24, 2.45) is 0 Å². The first-order valence-corrected chi connectivity index (χ1v) is 6.47. The number of imidazole rings is 1. The van der Waals surface area contributed by atoms with E-state index in [1.807, 2.05) is 0 Å². The van der Waals surface area contributed by atoms with Gasteiger partial charge in [0, 0.05) is 18.6 Å². The quantitative estimate of drug-likeness (QED) is 0.688. The maximum absolute atomic E-state index is 12.5. The minimum Gasteiger partial charge on any atom is -0.453 e. The molecule has 0 bridgehead atoms. The third kappa shape index (κ3) is 3.08. The van der Waals surface area contributed by atoms with Crippen LogP contribution in [0.15, 0.2) is 42.9 Å². The molecule has 0 saturated heterocycles. The first-order valence-electron chi connectivity index (χ1n) is 6.47. The van der Waals surface area contributed by atoms with Gasteiger partial charge in [0.25, 0.3) is 5.82 Å². The van der Waals surface area contributed by atoms with Gasteiger partial charge in [-0.3, -0.25) is 0 Å². The zero-order valence-electron chi connectivity index (χ0n) is 11.6. The Morgan fingerprint density at radius 3 is 2.61 bits per heavy atom. The second-order valence-electron chi connectivity index (χ2n) is 4.66. The number of fused-ring (bicyclic) bond motifs is 1. The predicted molar refractivity (Wildman–Crippen MR) is 75.0 cm³/mol. The minimum absolute atomic E-state index is 0.0229. The molecular weight excluding hydrogens is 309 g/mol. The Morgan fingerprint density at radius 1 is 1.22 bits per heavy atom. The number of halogens is 3. The van der Waals surface area contributed by atoms with Crippen molar-refractivity contribution in [3.63, 3.8) is 0 Å². The van der Waals surface area contributed by atoms with Crippen molar-refractivity contribution in [2.45, 2.75) is 12.8 Å². The van der Waals surface area contributed by atoms with Gasteiger partial charge in [-0.05, 0) is 17.7 Å². The van der Waals surface area contributed by atoms with Crippen LogP contribution >= 0.6 is 0 Å². The molecule has 0 unspecified atom stereocenters. The summed E-state index contributed by atoms with van der Waals surface area (Å²) in [7, 11) is 0. The first-order chi connectivity index (χ1) is 11.0. The Morgan fingerprint density at radius 2 is 1.96 bits per heavy atom. The van der Waals surface area contributed by atoms with Gasteiger partial charge in [-0.15, -0.1) is 0 Å². The molecule has 0 saturated carbocycles. The van der Waals surface area contributed by atoms with Crippen molar-refractivity contribution in [3.05, 3.63) is 65.4 Å². The molecule has 3 aromatic rings. The number of hydrogen-bond acceptors (Lipinski definition) is 3. The van der Waals surface area contributed by atoms with E-state index >= 15 is 0 Å². The summed E-state index contributed by atoms with van der Waals surface area (Å²) >= 11 is 0. The summed E-state index contributed by atoms with van der Waals surface area (Å²) in [6, 6.07) is 4.66. The van der Waals surface area contributed by atoms with Gasteiger partial charge < -0.3 is 14.0 Å². The van der Waals surface area contributed by atoms with Gasteiger partial charge >= 0.3 is 12.1 Å². The second kappa shape index (κ2) is 5.61. The fraction of sp³-hybridized carbons (Fsp3) is 0.133.